The molecule has 1 heterocycles. The Morgan fingerprint density at radius 1 is 1.22 bits per heavy atom. The first-order chi connectivity index (χ1) is 12.4. The Morgan fingerprint density at radius 3 is 2.30 bits per heavy atom. The number of aliphatic hydroxyl groups is 1. The third-order valence-electron chi connectivity index (χ3n) is 3.61. The zero-order valence-electron chi connectivity index (χ0n) is 13.7. The smallest absolute Gasteiger partial charge is 0.376 e. The second-order valence-electron chi connectivity index (χ2n) is 5.66. The predicted molar refractivity (Wildman–Crippen MR) is 92.1 cm³/mol. The van der Waals surface area contributed by atoms with Crippen LogP contribution in [0.15, 0.2) is 30.5 Å². The molecule has 0 saturated heterocycles. The van der Waals surface area contributed by atoms with Crippen LogP contribution in [-0.4, -0.2) is 22.3 Å². The first-order valence-electron chi connectivity index (χ1n) is 7.35. The van der Waals surface area contributed by atoms with Gasteiger partial charge in [0.15, 0.2) is 5.60 Å². The Morgan fingerprint density at radius 2 is 1.81 bits per heavy atom. The summed E-state index contributed by atoms with van der Waals surface area (Å²) in [5.74, 6) is -0.531. The molecule has 0 aliphatic heterocycles. The Labute approximate surface area is 161 Å². The topological polar surface area (TPSA) is 74.2 Å². The lowest BCUT2D eigenvalue weighted by molar-refractivity contribution is -0.258. The molecule has 11 heteroatoms. The summed E-state index contributed by atoms with van der Waals surface area (Å²) in [6.45, 7) is 0.521. The average Bonchev–Trinajstić information content (AvgIpc) is 2.56. The molecule has 0 saturated carbocycles. The van der Waals surface area contributed by atoms with Gasteiger partial charge >= 0.3 is 12.2 Å². The molecule has 1 unspecified atom stereocenters. The molecule has 0 bridgehead atoms. The quantitative estimate of drug-likeness (QED) is 0.625. The van der Waals surface area contributed by atoms with E-state index < -0.39 is 29.2 Å². The molecule has 2 aromatic rings. The number of nitrogens with zero attached hydrogens (tertiary/aromatic N) is 1. The Kier molecular flexibility index (Phi) is 6.18. The number of pyridine rings is 1. The van der Waals surface area contributed by atoms with Crippen molar-refractivity contribution in [3.63, 3.8) is 0 Å². The summed E-state index contributed by atoms with van der Waals surface area (Å²) >= 11 is 11.8. The number of urea groups is 1. The minimum atomic E-state index is -4.95. The van der Waals surface area contributed by atoms with Gasteiger partial charge in [0.05, 0.1) is 34.2 Å². The molecular weight excluding hydrogens is 413 g/mol. The van der Waals surface area contributed by atoms with E-state index in [1.54, 1.807) is 0 Å². The molecular formula is C16H13Cl2F4N3O2. The molecule has 0 aliphatic carbocycles. The van der Waals surface area contributed by atoms with Crippen LogP contribution < -0.4 is 10.6 Å². The largest absolute Gasteiger partial charge is 0.421 e. The lowest BCUT2D eigenvalue weighted by Gasteiger charge is -2.27. The molecule has 146 valence electrons. The summed E-state index contributed by atoms with van der Waals surface area (Å²) in [5, 5.41) is 13.8. The van der Waals surface area contributed by atoms with Gasteiger partial charge in [-0.05, 0) is 36.8 Å². The number of rotatable bonds is 4. The number of carbonyl (C=O) groups is 1. The van der Waals surface area contributed by atoms with Gasteiger partial charge < -0.3 is 15.7 Å². The second-order valence-corrected chi connectivity index (χ2v) is 6.47. The molecule has 0 spiro atoms. The van der Waals surface area contributed by atoms with Crippen molar-refractivity contribution >= 4 is 34.9 Å². The Balaban J connectivity index is 2.12. The maximum Gasteiger partial charge on any atom is 0.421 e. The molecule has 3 N–H and O–H groups in total. The summed E-state index contributed by atoms with van der Waals surface area (Å²) < 4.78 is 51.6. The van der Waals surface area contributed by atoms with Gasteiger partial charge in [0.1, 0.15) is 5.82 Å². The number of nitrogens with one attached hydrogen (secondary N) is 2. The van der Waals surface area contributed by atoms with Crippen LogP contribution in [0.25, 0.3) is 0 Å². The van der Waals surface area contributed by atoms with Crippen molar-refractivity contribution in [1.29, 1.82) is 0 Å². The van der Waals surface area contributed by atoms with Gasteiger partial charge in [0.25, 0.3) is 0 Å². The number of alkyl halides is 3. The van der Waals surface area contributed by atoms with E-state index in [0.717, 1.165) is 18.3 Å². The van der Waals surface area contributed by atoms with Crippen molar-refractivity contribution in [2.75, 3.05) is 5.32 Å². The van der Waals surface area contributed by atoms with Crippen LogP contribution in [0.3, 0.4) is 0 Å². The maximum absolute atomic E-state index is 12.9. The molecule has 0 radical (unpaired) electrons. The van der Waals surface area contributed by atoms with E-state index >= 15 is 0 Å². The first kappa shape index (κ1) is 21.2. The SMILES string of the molecule is CC(O)(c1cc(Cl)c(NC(=O)NCc2ccc(F)cn2)c(Cl)c1)C(F)(F)F. The molecule has 0 aliphatic rings. The van der Waals surface area contributed by atoms with Crippen LogP contribution in [-0.2, 0) is 12.1 Å². The first-order valence-corrected chi connectivity index (χ1v) is 8.11. The zero-order chi connectivity index (χ0) is 20.4. The molecule has 2 amide bonds. The number of carbonyl (C=O) groups excluding carboxylic acids is 1. The highest BCUT2D eigenvalue weighted by Crippen LogP contribution is 2.42. The zero-order valence-corrected chi connectivity index (χ0v) is 15.2. The van der Waals surface area contributed by atoms with Gasteiger partial charge in [-0.1, -0.05) is 23.2 Å². The van der Waals surface area contributed by atoms with Gasteiger partial charge in [0, 0.05) is 0 Å². The van der Waals surface area contributed by atoms with Crippen LogP contribution in [0.5, 0.6) is 0 Å². The minimum absolute atomic E-state index is 0.0395. The summed E-state index contributed by atoms with van der Waals surface area (Å²) in [6.07, 6.45) is -3.97. The van der Waals surface area contributed by atoms with Crippen molar-refractivity contribution in [2.45, 2.75) is 25.2 Å². The number of aromatic nitrogens is 1. The van der Waals surface area contributed by atoms with E-state index in [9.17, 15) is 27.5 Å². The van der Waals surface area contributed by atoms with E-state index in [2.05, 4.69) is 15.6 Å². The van der Waals surface area contributed by atoms with Gasteiger partial charge in [-0.15, -0.1) is 0 Å². The summed E-state index contributed by atoms with van der Waals surface area (Å²) in [4.78, 5) is 15.7. The number of hydrogen-bond donors (Lipinski definition) is 3. The summed E-state index contributed by atoms with van der Waals surface area (Å²) in [5.41, 5.74) is -3.51. The fourth-order valence-corrected chi connectivity index (χ4v) is 2.56. The van der Waals surface area contributed by atoms with Crippen molar-refractivity contribution in [3.05, 3.63) is 57.6 Å². The van der Waals surface area contributed by atoms with Gasteiger partial charge in [0.2, 0.25) is 0 Å². The van der Waals surface area contributed by atoms with Gasteiger partial charge in [-0.3, -0.25) is 4.98 Å². The van der Waals surface area contributed by atoms with E-state index in [1.807, 2.05) is 0 Å². The van der Waals surface area contributed by atoms with E-state index in [1.165, 1.54) is 12.1 Å². The second kappa shape index (κ2) is 7.87. The monoisotopic (exact) mass is 425 g/mol. The fourth-order valence-electron chi connectivity index (χ4n) is 1.98. The number of amides is 2. The normalized spacial score (nSPS) is 13.8. The lowest BCUT2D eigenvalue weighted by atomic mass is 9.95. The molecule has 1 atom stereocenters. The highest BCUT2D eigenvalue weighted by atomic mass is 35.5. The van der Waals surface area contributed by atoms with Crippen molar-refractivity contribution < 1.29 is 27.5 Å². The number of halogens is 6. The van der Waals surface area contributed by atoms with Gasteiger partial charge in [-0.25, -0.2) is 9.18 Å². The number of hydrogen-bond acceptors (Lipinski definition) is 3. The highest BCUT2D eigenvalue weighted by molar-refractivity contribution is 6.39. The molecule has 27 heavy (non-hydrogen) atoms. The van der Waals surface area contributed by atoms with Gasteiger partial charge in [-0.2, -0.15) is 13.2 Å². The average molecular weight is 426 g/mol. The Hall–Kier alpha value is -2.10. The van der Waals surface area contributed by atoms with E-state index in [0.29, 0.717) is 12.6 Å². The molecule has 2 rings (SSSR count). The number of benzene rings is 1. The standard InChI is InChI=1S/C16H13Cl2F4N3O2/c1-15(27,16(20,21)22)8-4-11(17)13(12(18)5-8)25-14(26)24-7-10-3-2-9(19)6-23-10/h2-6,27H,7H2,1H3,(H2,24,25,26). The van der Waals surface area contributed by atoms with Crippen LogP contribution in [0, 0.1) is 5.82 Å². The van der Waals surface area contributed by atoms with E-state index in [-0.39, 0.29) is 22.3 Å². The maximum atomic E-state index is 12.9. The van der Waals surface area contributed by atoms with E-state index in [4.69, 9.17) is 23.2 Å². The van der Waals surface area contributed by atoms with Crippen LogP contribution in [0.1, 0.15) is 18.2 Å². The minimum Gasteiger partial charge on any atom is -0.376 e. The molecule has 1 aromatic carbocycles. The summed E-state index contributed by atoms with van der Waals surface area (Å²) in [7, 11) is 0. The highest BCUT2D eigenvalue weighted by Gasteiger charge is 2.51. The van der Waals surface area contributed by atoms with Crippen molar-refractivity contribution in [3.8, 4) is 0 Å². The molecule has 5 nitrogen and oxygen atoms in total. The fraction of sp³-hybridized carbons (Fsp3) is 0.250. The third kappa shape index (κ3) is 5.00. The molecule has 0 fully saturated rings. The Bertz CT molecular complexity index is 820. The van der Waals surface area contributed by atoms with Crippen LogP contribution in [0.2, 0.25) is 10.0 Å². The van der Waals surface area contributed by atoms with Crippen molar-refractivity contribution in [1.82, 2.24) is 10.3 Å². The van der Waals surface area contributed by atoms with Crippen LogP contribution in [0.4, 0.5) is 28.0 Å². The number of anilines is 1. The lowest BCUT2D eigenvalue weighted by Crippen LogP contribution is -2.39. The predicted octanol–water partition coefficient (Wildman–Crippen LogP) is 4.62. The molecule has 1 aromatic heterocycles. The third-order valence-corrected chi connectivity index (χ3v) is 4.21. The van der Waals surface area contributed by atoms with Crippen LogP contribution >= 0.6 is 23.2 Å². The summed E-state index contributed by atoms with van der Waals surface area (Å²) in [6, 6.07) is 3.49. The van der Waals surface area contributed by atoms with Crippen molar-refractivity contribution in [2.24, 2.45) is 0 Å².